The van der Waals surface area contributed by atoms with Crippen LogP contribution >= 0.6 is 0 Å². The summed E-state index contributed by atoms with van der Waals surface area (Å²) >= 11 is 0. The highest BCUT2D eigenvalue weighted by Crippen LogP contribution is 2.24. The van der Waals surface area contributed by atoms with Crippen LogP contribution in [0.4, 0.5) is 0 Å². The predicted molar refractivity (Wildman–Crippen MR) is 120 cm³/mol. The van der Waals surface area contributed by atoms with Gasteiger partial charge < -0.3 is 14.6 Å². The van der Waals surface area contributed by atoms with E-state index in [4.69, 9.17) is 4.42 Å². The molecule has 0 saturated carbocycles. The summed E-state index contributed by atoms with van der Waals surface area (Å²) in [6.07, 6.45) is 5.18. The van der Waals surface area contributed by atoms with Gasteiger partial charge in [0.25, 0.3) is 0 Å². The molecule has 1 atom stereocenters. The molecule has 0 unspecified atom stereocenters. The molecule has 1 aromatic carbocycles. The molecule has 174 valence electrons. The van der Waals surface area contributed by atoms with Crippen molar-refractivity contribution in [3.8, 4) is 11.5 Å². The van der Waals surface area contributed by atoms with Crippen LogP contribution in [0.25, 0.3) is 11.5 Å². The lowest BCUT2D eigenvalue weighted by Crippen LogP contribution is -2.36. The molecule has 2 aromatic rings. The summed E-state index contributed by atoms with van der Waals surface area (Å²) in [7, 11) is -3.47. The molecule has 32 heavy (non-hydrogen) atoms. The highest BCUT2D eigenvalue weighted by Gasteiger charge is 2.27. The van der Waals surface area contributed by atoms with Crippen LogP contribution in [0.15, 0.2) is 33.6 Å². The van der Waals surface area contributed by atoms with Gasteiger partial charge in [-0.3, -0.25) is 4.79 Å². The molecular formula is C22H31N5O4S. The molecule has 0 spiro atoms. The van der Waals surface area contributed by atoms with E-state index in [1.807, 2.05) is 0 Å². The Kier molecular flexibility index (Phi) is 7.22. The zero-order valence-corrected chi connectivity index (χ0v) is 19.3. The lowest BCUT2D eigenvalue weighted by atomic mass is 10.0. The average molecular weight is 462 g/mol. The van der Waals surface area contributed by atoms with E-state index in [2.05, 4.69) is 27.3 Å². The van der Waals surface area contributed by atoms with Gasteiger partial charge in [0.05, 0.1) is 4.90 Å². The summed E-state index contributed by atoms with van der Waals surface area (Å²) in [5.74, 6) is 0.427. The van der Waals surface area contributed by atoms with Gasteiger partial charge in [-0.1, -0.05) is 6.92 Å². The zero-order valence-electron chi connectivity index (χ0n) is 18.5. The molecular weight excluding hydrogens is 430 g/mol. The van der Waals surface area contributed by atoms with Crippen LogP contribution in [0.1, 0.15) is 49.7 Å². The molecule has 2 saturated heterocycles. The summed E-state index contributed by atoms with van der Waals surface area (Å²) in [5.41, 5.74) is 0.566. The van der Waals surface area contributed by atoms with Gasteiger partial charge in [-0.2, -0.15) is 4.31 Å². The Balaban J connectivity index is 1.29. The smallest absolute Gasteiger partial charge is 0.308 e. The van der Waals surface area contributed by atoms with Crippen LogP contribution in [-0.4, -0.2) is 73.0 Å². The number of benzene rings is 1. The third-order valence-corrected chi connectivity index (χ3v) is 8.01. The van der Waals surface area contributed by atoms with E-state index in [1.54, 1.807) is 12.1 Å². The first-order chi connectivity index (χ1) is 15.4. The Hall–Kier alpha value is -2.30. The first-order valence-corrected chi connectivity index (χ1v) is 12.8. The zero-order chi connectivity index (χ0) is 22.6. The first-order valence-electron chi connectivity index (χ1n) is 11.4. The molecule has 0 bridgehead atoms. The van der Waals surface area contributed by atoms with Crippen molar-refractivity contribution >= 4 is 15.9 Å². The molecule has 0 aliphatic carbocycles. The van der Waals surface area contributed by atoms with Crippen molar-refractivity contribution in [3.63, 3.8) is 0 Å². The second kappa shape index (κ2) is 10.1. The standard InChI is InChI=1S/C22H31N5O4S/c1-17-6-4-12-26(16-17)13-5-11-23-20(28)22-25-24-21(31-22)18-7-9-19(10-8-18)32(29,30)27-14-2-3-15-27/h7-10,17H,2-6,11-16H2,1H3,(H,23,28)/t17-/m1/s1. The molecule has 1 amide bonds. The van der Waals surface area contributed by atoms with E-state index in [9.17, 15) is 13.2 Å². The number of likely N-dealkylation sites (tertiary alicyclic amines) is 1. The fourth-order valence-corrected chi connectivity index (χ4v) is 5.87. The van der Waals surface area contributed by atoms with Crippen LogP contribution in [0.2, 0.25) is 0 Å². The van der Waals surface area contributed by atoms with Crippen LogP contribution in [0.5, 0.6) is 0 Å². The van der Waals surface area contributed by atoms with E-state index < -0.39 is 15.9 Å². The normalized spacial score (nSPS) is 20.5. The molecule has 2 fully saturated rings. The van der Waals surface area contributed by atoms with Gasteiger partial charge in [0.1, 0.15) is 0 Å². The number of aromatic nitrogens is 2. The Morgan fingerprint density at radius 1 is 1.12 bits per heavy atom. The molecule has 4 rings (SSSR count). The van der Waals surface area contributed by atoms with Gasteiger partial charge in [-0.05, 0) is 75.4 Å². The van der Waals surface area contributed by atoms with Gasteiger partial charge in [0, 0.05) is 31.7 Å². The molecule has 10 heteroatoms. The number of carbonyl (C=O) groups excluding carboxylic acids is 1. The lowest BCUT2D eigenvalue weighted by Gasteiger charge is -2.30. The summed E-state index contributed by atoms with van der Waals surface area (Å²) < 4.78 is 32.3. The SMILES string of the molecule is C[C@@H]1CCCN(CCCNC(=O)c2nnc(-c3ccc(S(=O)(=O)N4CCCC4)cc3)o2)C1. The van der Waals surface area contributed by atoms with Gasteiger partial charge in [0.15, 0.2) is 0 Å². The number of nitrogens with zero attached hydrogens (tertiary/aromatic N) is 4. The number of nitrogens with one attached hydrogen (secondary N) is 1. The third-order valence-electron chi connectivity index (χ3n) is 6.10. The summed E-state index contributed by atoms with van der Waals surface area (Å²) in [4.78, 5) is 15.0. The van der Waals surface area contributed by atoms with Crippen molar-refractivity contribution < 1.29 is 17.6 Å². The Bertz CT molecular complexity index is 1020. The topological polar surface area (TPSA) is 109 Å². The van der Waals surface area contributed by atoms with E-state index in [0.717, 1.165) is 44.8 Å². The second-order valence-corrected chi connectivity index (χ2v) is 10.6. The maximum atomic E-state index is 12.6. The maximum absolute atomic E-state index is 12.6. The molecule has 3 heterocycles. The van der Waals surface area contributed by atoms with E-state index in [1.165, 1.54) is 29.3 Å². The number of hydrogen-bond donors (Lipinski definition) is 1. The second-order valence-electron chi connectivity index (χ2n) is 8.71. The van der Waals surface area contributed by atoms with Crippen molar-refractivity contribution in [2.24, 2.45) is 5.92 Å². The quantitative estimate of drug-likeness (QED) is 0.601. The van der Waals surface area contributed by atoms with Gasteiger partial charge in [0.2, 0.25) is 15.9 Å². The van der Waals surface area contributed by atoms with Crippen molar-refractivity contribution in [2.75, 3.05) is 39.3 Å². The van der Waals surface area contributed by atoms with Gasteiger partial charge in [-0.15, -0.1) is 10.2 Å². The van der Waals surface area contributed by atoms with Crippen molar-refractivity contribution in [1.29, 1.82) is 0 Å². The van der Waals surface area contributed by atoms with E-state index in [-0.39, 0.29) is 16.7 Å². The minimum absolute atomic E-state index is 0.0969. The molecule has 2 aliphatic heterocycles. The molecule has 1 aromatic heterocycles. The lowest BCUT2D eigenvalue weighted by molar-refractivity contribution is 0.0916. The van der Waals surface area contributed by atoms with Crippen LogP contribution in [0, 0.1) is 5.92 Å². The average Bonchev–Trinajstić information content (AvgIpc) is 3.50. The predicted octanol–water partition coefficient (Wildman–Crippen LogP) is 2.37. The molecule has 2 aliphatic rings. The highest BCUT2D eigenvalue weighted by atomic mass is 32.2. The van der Waals surface area contributed by atoms with Crippen molar-refractivity contribution in [3.05, 3.63) is 30.2 Å². The molecule has 9 nitrogen and oxygen atoms in total. The first kappa shape index (κ1) is 22.9. The van der Waals surface area contributed by atoms with Gasteiger partial charge >= 0.3 is 11.8 Å². The van der Waals surface area contributed by atoms with Crippen molar-refractivity contribution in [2.45, 2.75) is 43.9 Å². The van der Waals surface area contributed by atoms with Gasteiger partial charge in [-0.25, -0.2) is 8.42 Å². The summed E-state index contributed by atoms with van der Waals surface area (Å²) in [6.45, 7) is 7.16. The largest absolute Gasteiger partial charge is 0.412 e. The maximum Gasteiger partial charge on any atom is 0.308 e. The summed E-state index contributed by atoms with van der Waals surface area (Å²) in [5, 5.41) is 10.6. The van der Waals surface area contributed by atoms with E-state index in [0.29, 0.717) is 25.2 Å². The molecule has 1 N–H and O–H groups in total. The summed E-state index contributed by atoms with van der Waals surface area (Å²) in [6, 6.07) is 6.32. The third kappa shape index (κ3) is 5.36. The monoisotopic (exact) mass is 461 g/mol. The fourth-order valence-electron chi connectivity index (χ4n) is 4.35. The van der Waals surface area contributed by atoms with Crippen LogP contribution < -0.4 is 5.32 Å². The minimum atomic E-state index is -3.47. The highest BCUT2D eigenvalue weighted by molar-refractivity contribution is 7.89. The Morgan fingerprint density at radius 3 is 2.59 bits per heavy atom. The number of carbonyl (C=O) groups is 1. The van der Waals surface area contributed by atoms with E-state index >= 15 is 0 Å². The number of sulfonamides is 1. The number of piperidine rings is 1. The number of hydrogen-bond acceptors (Lipinski definition) is 7. The van der Waals surface area contributed by atoms with Crippen LogP contribution in [0.3, 0.4) is 0 Å². The van der Waals surface area contributed by atoms with Crippen molar-refractivity contribution in [1.82, 2.24) is 24.7 Å². The fraction of sp³-hybridized carbons (Fsp3) is 0.591. The Morgan fingerprint density at radius 2 is 1.88 bits per heavy atom. The number of rotatable bonds is 8. The Labute approximate surface area is 189 Å². The minimum Gasteiger partial charge on any atom is -0.412 e. The van der Waals surface area contributed by atoms with Crippen LogP contribution in [-0.2, 0) is 10.0 Å². The number of amides is 1. The molecule has 0 radical (unpaired) electrons.